The molecule has 0 radical (unpaired) electrons. The first-order valence-electron chi connectivity index (χ1n) is 3.50. The van der Waals surface area contributed by atoms with E-state index in [4.69, 9.17) is 0 Å². The summed E-state index contributed by atoms with van der Waals surface area (Å²) >= 11 is 2.58. The number of hydrogen-bond donors (Lipinski definition) is 0. The van der Waals surface area contributed by atoms with Crippen LogP contribution in [0.3, 0.4) is 0 Å². The summed E-state index contributed by atoms with van der Waals surface area (Å²) in [6.45, 7) is -3.21. The summed E-state index contributed by atoms with van der Waals surface area (Å²) in [5.41, 5.74) is -0.865. The van der Waals surface area contributed by atoms with E-state index in [0.29, 0.717) is 0 Å². The van der Waals surface area contributed by atoms with Crippen molar-refractivity contribution < 1.29 is 22.8 Å². The van der Waals surface area contributed by atoms with Crippen LogP contribution >= 0.6 is 15.9 Å². The number of ether oxygens (including phenoxy) is 1. The van der Waals surface area contributed by atoms with Crippen LogP contribution < -0.4 is 4.74 Å². The van der Waals surface area contributed by atoms with Crippen LogP contribution in [0.1, 0.15) is 0 Å². The average Bonchev–Trinajstić information content (AvgIpc) is 2.10. The third kappa shape index (κ3) is 2.58. The van der Waals surface area contributed by atoms with Crippen LogP contribution in [0.15, 0.2) is 16.6 Å². The molecule has 15 heavy (non-hydrogen) atoms. The first-order valence-corrected chi connectivity index (χ1v) is 4.30. The van der Waals surface area contributed by atoms with E-state index >= 15 is 0 Å². The van der Waals surface area contributed by atoms with E-state index in [-0.39, 0.29) is 0 Å². The Balaban J connectivity index is 3.27. The minimum atomic E-state index is -3.21. The van der Waals surface area contributed by atoms with Crippen molar-refractivity contribution >= 4 is 21.6 Å². The highest BCUT2D eigenvalue weighted by Gasteiger charge is 2.25. The first-order chi connectivity index (χ1) is 6.93. The van der Waals surface area contributed by atoms with Crippen molar-refractivity contribution in [1.29, 1.82) is 0 Å². The Morgan fingerprint density at radius 1 is 1.47 bits per heavy atom. The van der Waals surface area contributed by atoms with Gasteiger partial charge < -0.3 is 4.74 Å². The van der Waals surface area contributed by atoms with Crippen molar-refractivity contribution in [3.05, 3.63) is 32.5 Å². The number of rotatable bonds is 3. The average molecular weight is 286 g/mol. The van der Waals surface area contributed by atoms with Gasteiger partial charge in [-0.1, -0.05) is 0 Å². The normalized spacial score (nSPS) is 10.5. The highest BCUT2D eigenvalue weighted by molar-refractivity contribution is 9.10. The fourth-order valence-corrected chi connectivity index (χ4v) is 1.36. The van der Waals surface area contributed by atoms with Crippen molar-refractivity contribution in [1.82, 2.24) is 0 Å². The standard InChI is InChI=1S/C7H3BrF3NO3/c8-5-3(9)1-2-4(15-7(10)11)6(5)12(13)14/h1-2,7H. The summed E-state index contributed by atoms with van der Waals surface area (Å²) in [4.78, 5) is 9.45. The molecule has 1 aromatic rings. The van der Waals surface area contributed by atoms with Gasteiger partial charge in [-0.2, -0.15) is 8.78 Å². The van der Waals surface area contributed by atoms with E-state index in [1.54, 1.807) is 0 Å². The Hall–Kier alpha value is -1.31. The van der Waals surface area contributed by atoms with Crippen LogP contribution in [-0.2, 0) is 0 Å². The van der Waals surface area contributed by atoms with Crippen molar-refractivity contribution in [3.8, 4) is 5.75 Å². The second-order valence-corrected chi connectivity index (χ2v) is 3.14. The molecule has 4 nitrogen and oxygen atoms in total. The molecule has 1 rings (SSSR count). The maximum absolute atomic E-state index is 12.9. The monoisotopic (exact) mass is 285 g/mol. The maximum Gasteiger partial charge on any atom is 0.387 e. The minimum absolute atomic E-state index is 0.523. The van der Waals surface area contributed by atoms with Gasteiger partial charge in [0.05, 0.1) is 4.92 Å². The van der Waals surface area contributed by atoms with Gasteiger partial charge in [0.25, 0.3) is 0 Å². The summed E-state index contributed by atoms with van der Waals surface area (Å²) in [5.74, 6) is -1.62. The zero-order chi connectivity index (χ0) is 11.6. The number of halogens is 4. The molecule has 0 N–H and O–H groups in total. The van der Waals surface area contributed by atoms with Crippen LogP contribution in [0.25, 0.3) is 0 Å². The van der Waals surface area contributed by atoms with E-state index in [2.05, 4.69) is 20.7 Å². The Bertz CT molecular complexity index is 399. The number of nitrogens with zero attached hydrogens (tertiary/aromatic N) is 1. The Labute approximate surface area is 89.9 Å². The molecule has 0 aromatic heterocycles. The summed E-state index contributed by atoms with van der Waals surface area (Å²) in [7, 11) is 0. The molecule has 0 saturated heterocycles. The fraction of sp³-hybridized carbons (Fsp3) is 0.143. The van der Waals surface area contributed by atoms with Crippen LogP contribution in [0.2, 0.25) is 0 Å². The van der Waals surface area contributed by atoms with E-state index in [0.717, 1.165) is 12.1 Å². The molecule has 0 unspecified atom stereocenters. The molecule has 0 heterocycles. The minimum Gasteiger partial charge on any atom is -0.427 e. The largest absolute Gasteiger partial charge is 0.427 e. The molecular formula is C7H3BrF3NO3. The topological polar surface area (TPSA) is 52.4 Å². The van der Waals surface area contributed by atoms with Gasteiger partial charge in [-0.05, 0) is 28.1 Å². The summed E-state index contributed by atoms with van der Waals surface area (Å²) in [6.07, 6.45) is 0. The molecule has 0 aliphatic carbocycles. The lowest BCUT2D eigenvalue weighted by Gasteiger charge is -2.06. The SMILES string of the molecule is O=[N+]([O-])c1c(OC(F)F)ccc(F)c1Br. The fourth-order valence-electron chi connectivity index (χ4n) is 0.883. The van der Waals surface area contributed by atoms with Gasteiger partial charge in [-0.25, -0.2) is 4.39 Å². The smallest absolute Gasteiger partial charge is 0.387 e. The zero-order valence-electron chi connectivity index (χ0n) is 6.92. The lowest BCUT2D eigenvalue weighted by molar-refractivity contribution is -0.387. The quantitative estimate of drug-likeness (QED) is 0.633. The number of benzene rings is 1. The predicted molar refractivity (Wildman–Crippen MR) is 47.4 cm³/mol. The molecule has 0 amide bonds. The molecule has 0 aliphatic rings. The van der Waals surface area contributed by atoms with Crippen molar-refractivity contribution in [2.75, 3.05) is 0 Å². The molecule has 0 atom stereocenters. The van der Waals surface area contributed by atoms with Gasteiger partial charge in [-0.3, -0.25) is 10.1 Å². The Morgan fingerprint density at radius 2 is 2.07 bits per heavy atom. The molecular weight excluding hydrogens is 283 g/mol. The lowest BCUT2D eigenvalue weighted by Crippen LogP contribution is -2.05. The van der Waals surface area contributed by atoms with Crippen molar-refractivity contribution in [3.63, 3.8) is 0 Å². The molecule has 0 fully saturated rings. The second-order valence-electron chi connectivity index (χ2n) is 2.34. The van der Waals surface area contributed by atoms with E-state index in [9.17, 15) is 23.3 Å². The first kappa shape index (κ1) is 11.8. The summed E-state index contributed by atoms with van der Waals surface area (Å²) in [5, 5.41) is 10.5. The molecule has 0 saturated carbocycles. The van der Waals surface area contributed by atoms with Gasteiger partial charge in [0, 0.05) is 0 Å². The van der Waals surface area contributed by atoms with Gasteiger partial charge in [-0.15, -0.1) is 0 Å². The molecule has 82 valence electrons. The Morgan fingerprint density at radius 3 is 2.53 bits per heavy atom. The lowest BCUT2D eigenvalue weighted by atomic mass is 10.3. The van der Waals surface area contributed by atoms with Crippen molar-refractivity contribution in [2.45, 2.75) is 6.61 Å². The molecule has 1 aromatic carbocycles. The Kier molecular flexibility index (Phi) is 3.51. The van der Waals surface area contributed by atoms with Crippen LogP contribution in [0.5, 0.6) is 5.75 Å². The highest BCUT2D eigenvalue weighted by Crippen LogP contribution is 2.37. The van der Waals surface area contributed by atoms with E-state index < -0.39 is 33.3 Å². The predicted octanol–water partition coefficient (Wildman–Crippen LogP) is 3.10. The third-order valence-corrected chi connectivity index (χ3v) is 2.18. The highest BCUT2D eigenvalue weighted by atomic mass is 79.9. The van der Waals surface area contributed by atoms with Crippen LogP contribution in [0, 0.1) is 15.9 Å². The second kappa shape index (κ2) is 4.47. The number of nitro groups is 1. The van der Waals surface area contributed by atoms with E-state index in [1.165, 1.54) is 0 Å². The van der Waals surface area contributed by atoms with E-state index in [1.807, 2.05) is 0 Å². The van der Waals surface area contributed by atoms with Gasteiger partial charge in [0.2, 0.25) is 5.75 Å². The van der Waals surface area contributed by atoms with Gasteiger partial charge in [0.15, 0.2) is 0 Å². The van der Waals surface area contributed by atoms with Crippen molar-refractivity contribution in [2.24, 2.45) is 0 Å². The number of alkyl halides is 2. The van der Waals surface area contributed by atoms with Crippen LogP contribution in [-0.4, -0.2) is 11.5 Å². The molecule has 0 bridgehead atoms. The summed E-state index contributed by atoms with van der Waals surface area (Å²) < 4.78 is 39.9. The number of hydrogen-bond acceptors (Lipinski definition) is 3. The third-order valence-electron chi connectivity index (χ3n) is 1.43. The molecule has 8 heteroatoms. The number of nitro benzene ring substituents is 1. The van der Waals surface area contributed by atoms with Gasteiger partial charge >= 0.3 is 12.3 Å². The summed E-state index contributed by atoms with van der Waals surface area (Å²) in [6, 6.07) is 1.55. The molecule has 0 aliphatic heterocycles. The maximum atomic E-state index is 12.9. The molecule has 0 spiro atoms. The van der Waals surface area contributed by atoms with Gasteiger partial charge in [0.1, 0.15) is 10.3 Å². The van der Waals surface area contributed by atoms with Crippen LogP contribution in [0.4, 0.5) is 18.9 Å². The zero-order valence-corrected chi connectivity index (χ0v) is 8.50.